The topological polar surface area (TPSA) is 26.0 Å². The SMILES string of the molecule is Cc1cc(F)ccc1SC(C)CN. The summed E-state index contributed by atoms with van der Waals surface area (Å²) in [6, 6.07) is 4.84. The molecular formula is C10H14FNS. The van der Waals surface area contributed by atoms with Crippen molar-refractivity contribution in [3.05, 3.63) is 29.6 Å². The van der Waals surface area contributed by atoms with Crippen LogP contribution in [0, 0.1) is 12.7 Å². The standard InChI is InChI=1S/C10H14FNS/c1-7-5-9(11)3-4-10(7)13-8(2)6-12/h3-5,8H,6,12H2,1-2H3. The van der Waals surface area contributed by atoms with Crippen LogP contribution in [0.15, 0.2) is 23.1 Å². The van der Waals surface area contributed by atoms with Gasteiger partial charge in [-0.1, -0.05) is 6.92 Å². The Morgan fingerprint density at radius 2 is 2.23 bits per heavy atom. The number of hydrogen-bond acceptors (Lipinski definition) is 2. The van der Waals surface area contributed by atoms with E-state index in [1.54, 1.807) is 17.8 Å². The second kappa shape index (κ2) is 4.63. The first-order chi connectivity index (χ1) is 6.13. The van der Waals surface area contributed by atoms with Crippen LogP contribution < -0.4 is 5.73 Å². The number of rotatable bonds is 3. The van der Waals surface area contributed by atoms with Crippen LogP contribution in [0.3, 0.4) is 0 Å². The summed E-state index contributed by atoms with van der Waals surface area (Å²) < 4.78 is 12.7. The van der Waals surface area contributed by atoms with Gasteiger partial charge in [0.2, 0.25) is 0 Å². The summed E-state index contributed by atoms with van der Waals surface area (Å²) in [6.07, 6.45) is 0. The average molecular weight is 199 g/mol. The monoisotopic (exact) mass is 199 g/mol. The van der Waals surface area contributed by atoms with Gasteiger partial charge in [-0.25, -0.2) is 4.39 Å². The number of nitrogens with two attached hydrogens (primary N) is 1. The van der Waals surface area contributed by atoms with Gasteiger partial charge in [-0.05, 0) is 30.7 Å². The number of thioether (sulfide) groups is 1. The van der Waals surface area contributed by atoms with E-state index in [0.717, 1.165) is 10.5 Å². The molecule has 0 aliphatic rings. The lowest BCUT2D eigenvalue weighted by molar-refractivity contribution is 0.625. The maximum atomic E-state index is 12.7. The Morgan fingerprint density at radius 1 is 1.54 bits per heavy atom. The fourth-order valence-corrected chi connectivity index (χ4v) is 1.93. The highest BCUT2D eigenvalue weighted by Crippen LogP contribution is 2.26. The van der Waals surface area contributed by atoms with Crippen LogP contribution >= 0.6 is 11.8 Å². The highest BCUT2D eigenvalue weighted by Gasteiger charge is 2.05. The highest BCUT2D eigenvalue weighted by molar-refractivity contribution is 8.00. The molecule has 1 unspecified atom stereocenters. The van der Waals surface area contributed by atoms with E-state index in [2.05, 4.69) is 6.92 Å². The molecule has 1 nitrogen and oxygen atoms in total. The molecule has 0 aliphatic heterocycles. The van der Waals surface area contributed by atoms with E-state index >= 15 is 0 Å². The van der Waals surface area contributed by atoms with E-state index in [-0.39, 0.29) is 5.82 Å². The Kier molecular flexibility index (Phi) is 3.75. The molecule has 0 aromatic heterocycles. The molecule has 3 heteroatoms. The minimum absolute atomic E-state index is 0.178. The fraction of sp³-hybridized carbons (Fsp3) is 0.400. The third-order valence-corrected chi connectivity index (χ3v) is 3.10. The molecule has 0 heterocycles. The zero-order chi connectivity index (χ0) is 9.84. The average Bonchev–Trinajstić information content (AvgIpc) is 2.09. The van der Waals surface area contributed by atoms with E-state index in [4.69, 9.17) is 5.73 Å². The van der Waals surface area contributed by atoms with Gasteiger partial charge in [0.05, 0.1) is 0 Å². The van der Waals surface area contributed by atoms with Crippen LogP contribution in [0.25, 0.3) is 0 Å². The van der Waals surface area contributed by atoms with Crippen LogP contribution in [0.1, 0.15) is 12.5 Å². The minimum atomic E-state index is -0.178. The van der Waals surface area contributed by atoms with Gasteiger partial charge in [-0.2, -0.15) is 0 Å². The van der Waals surface area contributed by atoms with Gasteiger partial charge in [-0.3, -0.25) is 0 Å². The molecule has 0 bridgehead atoms. The van der Waals surface area contributed by atoms with E-state index in [0.29, 0.717) is 11.8 Å². The van der Waals surface area contributed by atoms with E-state index < -0.39 is 0 Å². The van der Waals surface area contributed by atoms with E-state index in [1.165, 1.54) is 6.07 Å². The predicted molar refractivity (Wildman–Crippen MR) is 55.5 cm³/mol. The molecule has 0 saturated carbocycles. The molecule has 1 aromatic rings. The van der Waals surface area contributed by atoms with Crippen LogP contribution in [-0.4, -0.2) is 11.8 Å². The molecule has 1 atom stereocenters. The summed E-state index contributed by atoms with van der Waals surface area (Å²) in [6.45, 7) is 4.61. The van der Waals surface area contributed by atoms with Gasteiger partial charge in [-0.15, -0.1) is 11.8 Å². The molecule has 1 aromatic carbocycles. The van der Waals surface area contributed by atoms with Crippen molar-refractivity contribution >= 4 is 11.8 Å². The fourth-order valence-electron chi connectivity index (χ4n) is 1.01. The van der Waals surface area contributed by atoms with Gasteiger partial charge in [0.15, 0.2) is 0 Å². The number of aryl methyl sites for hydroxylation is 1. The third kappa shape index (κ3) is 3.01. The summed E-state index contributed by atoms with van der Waals surface area (Å²) in [5.74, 6) is -0.178. The highest BCUT2D eigenvalue weighted by atomic mass is 32.2. The number of halogens is 1. The van der Waals surface area contributed by atoms with Gasteiger partial charge in [0.25, 0.3) is 0 Å². The molecule has 0 spiro atoms. The van der Waals surface area contributed by atoms with Crippen LogP contribution in [0.5, 0.6) is 0 Å². The van der Waals surface area contributed by atoms with Crippen molar-refractivity contribution in [3.63, 3.8) is 0 Å². The third-order valence-electron chi connectivity index (χ3n) is 1.80. The molecule has 13 heavy (non-hydrogen) atoms. The lowest BCUT2D eigenvalue weighted by atomic mass is 10.2. The molecule has 2 N–H and O–H groups in total. The van der Waals surface area contributed by atoms with Crippen molar-refractivity contribution < 1.29 is 4.39 Å². The normalized spacial score (nSPS) is 12.9. The summed E-state index contributed by atoms with van der Waals surface area (Å²) in [4.78, 5) is 1.11. The zero-order valence-corrected chi connectivity index (χ0v) is 8.70. The van der Waals surface area contributed by atoms with Gasteiger partial charge in [0.1, 0.15) is 5.82 Å². The molecule has 0 fully saturated rings. The van der Waals surface area contributed by atoms with Crippen molar-refractivity contribution in [1.82, 2.24) is 0 Å². The molecule has 1 rings (SSSR count). The molecule has 0 radical (unpaired) electrons. The molecule has 0 amide bonds. The van der Waals surface area contributed by atoms with Crippen molar-refractivity contribution in [3.8, 4) is 0 Å². The van der Waals surface area contributed by atoms with Gasteiger partial charge >= 0.3 is 0 Å². The first-order valence-corrected chi connectivity index (χ1v) is 5.14. The van der Waals surface area contributed by atoms with Gasteiger partial charge in [0, 0.05) is 16.7 Å². The predicted octanol–water partition coefficient (Wildman–Crippen LogP) is 2.57. The Morgan fingerprint density at radius 3 is 2.77 bits per heavy atom. The maximum Gasteiger partial charge on any atom is 0.123 e. The van der Waals surface area contributed by atoms with Crippen LogP contribution in [0.4, 0.5) is 4.39 Å². The van der Waals surface area contributed by atoms with Crippen molar-refractivity contribution in [1.29, 1.82) is 0 Å². The first kappa shape index (κ1) is 10.5. The largest absolute Gasteiger partial charge is 0.329 e. The second-order valence-corrected chi connectivity index (χ2v) is 4.55. The molecule has 72 valence electrons. The Bertz CT molecular complexity index is 288. The maximum absolute atomic E-state index is 12.7. The smallest absolute Gasteiger partial charge is 0.123 e. The summed E-state index contributed by atoms with van der Waals surface area (Å²) in [5, 5.41) is 0.379. The van der Waals surface area contributed by atoms with Crippen molar-refractivity contribution in [2.75, 3.05) is 6.54 Å². The second-order valence-electron chi connectivity index (χ2n) is 3.07. The minimum Gasteiger partial charge on any atom is -0.329 e. The summed E-state index contributed by atoms with van der Waals surface area (Å²) in [7, 11) is 0. The zero-order valence-electron chi connectivity index (χ0n) is 7.88. The number of benzene rings is 1. The molecule has 0 saturated heterocycles. The van der Waals surface area contributed by atoms with Gasteiger partial charge < -0.3 is 5.73 Å². The Hall–Kier alpha value is -0.540. The lowest BCUT2D eigenvalue weighted by Crippen LogP contribution is -2.12. The number of hydrogen-bond donors (Lipinski definition) is 1. The summed E-state index contributed by atoms with van der Waals surface area (Å²) >= 11 is 1.69. The van der Waals surface area contributed by atoms with Crippen LogP contribution in [0.2, 0.25) is 0 Å². The summed E-state index contributed by atoms with van der Waals surface area (Å²) in [5.41, 5.74) is 6.48. The van der Waals surface area contributed by atoms with Crippen molar-refractivity contribution in [2.24, 2.45) is 5.73 Å². The first-order valence-electron chi connectivity index (χ1n) is 4.26. The van der Waals surface area contributed by atoms with E-state index in [1.807, 2.05) is 13.0 Å². The Balaban J connectivity index is 2.77. The van der Waals surface area contributed by atoms with Crippen LogP contribution in [-0.2, 0) is 0 Å². The lowest BCUT2D eigenvalue weighted by Gasteiger charge is -2.10. The van der Waals surface area contributed by atoms with Crippen molar-refractivity contribution in [2.45, 2.75) is 24.0 Å². The quantitative estimate of drug-likeness (QED) is 0.757. The molecular weight excluding hydrogens is 185 g/mol. The molecule has 0 aliphatic carbocycles. The van der Waals surface area contributed by atoms with E-state index in [9.17, 15) is 4.39 Å². The Labute approximate surface area is 82.5 Å².